The molecule has 25 heavy (non-hydrogen) atoms. The van der Waals surface area contributed by atoms with Crippen LogP contribution in [0.3, 0.4) is 0 Å². The lowest BCUT2D eigenvalue weighted by Crippen LogP contribution is -2.43. The van der Waals surface area contributed by atoms with E-state index in [1.807, 2.05) is 20.8 Å². The van der Waals surface area contributed by atoms with Crippen LogP contribution in [0, 0.1) is 23.2 Å². The van der Waals surface area contributed by atoms with Crippen molar-refractivity contribution in [2.24, 2.45) is 28.2 Å². The van der Waals surface area contributed by atoms with Gasteiger partial charge in [-0.3, -0.25) is 4.79 Å². The van der Waals surface area contributed by atoms with E-state index >= 15 is 0 Å². The van der Waals surface area contributed by atoms with Gasteiger partial charge in [0.1, 0.15) is 0 Å². The van der Waals surface area contributed by atoms with Gasteiger partial charge in [0.15, 0.2) is 0 Å². The van der Waals surface area contributed by atoms with Gasteiger partial charge in [0, 0.05) is 13.1 Å². The average molecular weight is 353 g/mol. The van der Waals surface area contributed by atoms with E-state index in [1.54, 1.807) is 6.08 Å². The molecule has 1 fully saturated rings. The van der Waals surface area contributed by atoms with Crippen LogP contribution in [-0.2, 0) is 9.59 Å². The molecule has 0 aliphatic heterocycles. The lowest BCUT2D eigenvalue weighted by Gasteiger charge is -2.30. The van der Waals surface area contributed by atoms with Crippen LogP contribution in [-0.4, -0.2) is 42.8 Å². The number of hydrogen-bond donors (Lipinski definition) is 3. The molecule has 1 aliphatic carbocycles. The Balaban J connectivity index is 2.36. The first kappa shape index (κ1) is 21.2. The number of carboxylic acid groups (broad SMARTS) is 1. The van der Waals surface area contributed by atoms with Crippen molar-refractivity contribution in [2.45, 2.75) is 52.9 Å². The molecule has 0 radical (unpaired) electrons. The summed E-state index contributed by atoms with van der Waals surface area (Å²) in [5, 5.41) is 14.7. The maximum Gasteiger partial charge on any atom is 0.314 e. The number of hydrogen-bond acceptors (Lipinski definition) is 4. The van der Waals surface area contributed by atoms with Crippen molar-refractivity contribution in [1.29, 1.82) is 0 Å². The van der Waals surface area contributed by atoms with E-state index in [9.17, 15) is 14.4 Å². The van der Waals surface area contributed by atoms with Crippen LogP contribution in [0.15, 0.2) is 4.99 Å². The molecule has 0 bridgehead atoms. The number of urea groups is 1. The summed E-state index contributed by atoms with van der Waals surface area (Å²) >= 11 is 0. The molecule has 1 saturated carbocycles. The summed E-state index contributed by atoms with van der Waals surface area (Å²) < 4.78 is 0. The molecule has 0 heterocycles. The van der Waals surface area contributed by atoms with E-state index in [1.165, 1.54) is 0 Å². The van der Waals surface area contributed by atoms with Gasteiger partial charge in [-0.05, 0) is 42.4 Å². The minimum Gasteiger partial charge on any atom is -0.481 e. The number of aliphatic carboxylic acids is 1. The summed E-state index contributed by atoms with van der Waals surface area (Å²) in [4.78, 5) is 36.9. The minimum atomic E-state index is -0.853. The van der Waals surface area contributed by atoms with Gasteiger partial charge < -0.3 is 15.7 Å². The van der Waals surface area contributed by atoms with E-state index in [4.69, 9.17) is 5.11 Å². The molecule has 7 heteroatoms. The second kappa shape index (κ2) is 10.2. The summed E-state index contributed by atoms with van der Waals surface area (Å²) in [5.74, 6) is -0.195. The number of carbonyl (C=O) groups is 2. The van der Waals surface area contributed by atoms with Gasteiger partial charge in [-0.2, -0.15) is 0 Å². The van der Waals surface area contributed by atoms with Gasteiger partial charge in [-0.1, -0.05) is 27.2 Å². The number of isocyanates is 1. The number of nitrogens with one attached hydrogen (secondary N) is 2. The van der Waals surface area contributed by atoms with Crippen molar-refractivity contribution in [3.05, 3.63) is 0 Å². The van der Waals surface area contributed by atoms with Crippen LogP contribution in [0.2, 0.25) is 0 Å². The highest BCUT2D eigenvalue weighted by Crippen LogP contribution is 2.29. The van der Waals surface area contributed by atoms with Crippen LogP contribution in [0.4, 0.5) is 4.79 Å². The van der Waals surface area contributed by atoms with Crippen molar-refractivity contribution in [2.75, 3.05) is 19.6 Å². The summed E-state index contributed by atoms with van der Waals surface area (Å²) in [6, 6.07) is -0.257. The van der Waals surface area contributed by atoms with Crippen LogP contribution in [0.25, 0.3) is 0 Å². The number of carboxylic acids is 1. The summed E-state index contributed by atoms with van der Waals surface area (Å²) in [7, 11) is 0. The zero-order chi connectivity index (χ0) is 18.9. The predicted octanol–water partition coefficient (Wildman–Crippen LogP) is 2.56. The van der Waals surface area contributed by atoms with Crippen LogP contribution in [0.1, 0.15) is 52.9 Å². The molecule has 2 amide bonds. The smallest absolute Gasteiger partial charge is 0.314 e. The molecule has 1 rings (SSSR count). The van der Waals surface area contributed by atoms with Gasteiger partial charge in [0.2, 0.25) is 6.08 Å². The molecule has 0 aromatic heterocycles. The SMILES string of the molecule is CC(C)(C)C(CNC(=O)NCC1CCCC(CN=C=O)C1)CC(=O)O. The fourth-order valence-corrected chi connectivity index (χ4v) is 3.33. The molecular formula is C18H31N3O4. The Morgan fingerprint density at radius 1 is 1.24 bits per heavy atom. The molecule has 1 aliphatic rings. The molecule has 3 atom stereocenters. The number of aliphatic imine (C=N–C) groups is 1. The zero-order valence-corrected chi connectivity index (χ0v) is 15.5. The third-order valence-corrected chi connectivity index (χ3v) is 5.01. The van der Waals surface area contributed by atoms with Gasteiger partial charge in [-0.25, -0.2) is 14.6 Å². The Morgan fingerprint density at radius 2 is 1.92 bits per heavy atom. The number of rotatable bonds is 8. The fraction of sp³-hybridized carbons (Fsp3) is 0.833. The van der Waals surface area contributed by atoms with Crippen LogP contribution >= 0.6 is 0 Å². The van der Waals surface area contributed by atoms with Crippen molar-refractivity contribution >= 4 is 18.1 Å². The molecule has 142 valence electrons. The van der Waals surface area contributed by atoms with Gasteiger partial charge in [-0.15, -0.1) is 0 Å². The Morgan fingerprint density at radius 3 is 2.52 bits per heavy atom. The molecule has 0 aromatic carbocycles. The van der Waals surface area contributed by atoms with E-state index < -0.39 is 5.97 Å². The highest BCUT2D eigenvalue weighted by atomic mass is 16.4. The van der Waals surface area contributed by atoms with Crippen molar-refractivity contribution in [1.82, 2.24) is 10.6 Å². The van der Waals surface area contributed by atoms with Crippen molar-refractivity contribution in [3.8, 4) is 0 Å². The monoisotopic (exact) mass is 353 g/mol. The standard InChI is InChI=1S/C18H31N3O4/c1-18(2,3)15(8-16(23)24)11-21-17(25)20-10-14-6-4-5-13(7-14)9-19-12-22/h13-15H,4-11H2,1-3H3,(H,23,24)(H2,20,21,25). The number of nitrogens with zero attached hydrogens (tertiary/aromatic N) is 1. The third kappa shape index (κ3) is 8.68. The Kier molecular flexibility index (Phi) is 8.62. The van der Waals surface area contributed by atoms with Crippen molar-refractivity contribution in [3.63, 3.8) is 0 Å². The second-order valence-corrected chi connectivity index (χ2v) is 8.08. The zero-order valence-electron chi connectivity index (χ0n) is 15.5. The maximum absolute atomic E-state index is 12.0. The Labute approximate surface area is 149 Å². The predicted molar refractivity (Wildman–Crippen MR) is 95.0 cm³/mol. The lowest BCUT2D eigenvalue weighted by atomic mass is 9.78. The lowest BCUT2D eigenvalue weighted by molar-refractivity contribution is -0.139. The molecule has 0 aromatic rings. The quantitative estimate of drug-likeness (QED) is 0.460. The molecule has 0 spiro atoms. The van der Waals surface area contributed by atoms with Crippen molar-refractivity contribution < 1.29 is 19.5 Å². The molecule has 3 unspecified atom stereocenters. The first-order valence-corrected chi connectivity index (χ1v) is 8.99. The Hall–Kier alpha value is -1.88. The Bertz CT molecular complexity index is 495. The third-order valence-electron chi connectivity index (χ3n) is 5.01. The molecule has 7 nitrogen and oxygen atoms in total. The van der Waals surface area contributed by atoms with Crippen LogP contribution < -0.4 is 10.6 Å². The molecular weight excluding hydrogens is 322 g/mol. The summed E-state index contributed by atoms with van der Waals surface area (Å²) in [5.41, 5.74) is -0.193. The maximum atomic E-state index is 12.0. The van der Waals surface area contributed by atoms with Gasteiger partial charge >= 0.3 is 12.0 Å². The number of carbonyl (C=O) groups excluding carboxylic acids is 2. The van der Waals surface area contributed by atoms with E-state index in [2.05, 4.69) is 15.6 Å². The second-order valence-electron chi connectivity index (χ2n) is 8.08. The molecule has 3 N–H and O–H groups in total. The normalized spacial score (nSPS) is 21.7. The van der Waals surface area contributed by atoms with E-state index in [0.29, 0.717) is 31.5 Å². The minimum absolute atomic E-state index is 0.0331. The van der Waals surface area contributed by atoms with Gasteiger partial charge in [0.25, 0.3) is 0 Å². The van der Waals surface area contributed by atoms with E-state index in [-0.39, 0.29) is 23.8 Å². The summed E-state index contributed by atoms with van der Waals surface area (Å²) in [6.45, 7) is 7.38. The van der Waals surface area contributed by atoms with Crippen LogP contribution in [0.5, 0.6) is 0 Å². The highest BCUT2D eigenvalue weighted by molar-refractivity contribution is 5.74. The van der Waals surface area contributed by atoms with Gasteiger partial charge in [0.05, 0.1) is 13.0 Å². The summed E-state index contributed by atoms with van der Waals surface area (Å²) in [6.07, 6.45) is 5.78. The topological polar surface area (TPSA) is 108 Å². The average Bonchev–Trinajstić information content (AvgIpc) is 2.54. The first-order valence-electron chi connectivity index (χ1n) is 8.99. The first-order chi connectivity index (χ1) is 11.7. The van der Waals surface area contributed by atoms with E-state index in [0.717, 1.165) is 25.7 Å². The number of amides is 2. The fourth-order valence-electron chi connectivity index (χ4n) is 3.33. The largest absolute Gasteiger partial charge is 0.481 e. The molecule has 0 saturated heterocycles. The highest BCUT2D eigenvalue weighted by Gasteiger charge is 2.27.